The number of nitrogens with one attached hydrogen (secondary N) is 1. The Balaban J connectivity index is 1.52. The third-order valence-corrected chi connectivity index (χ3v) is 4.77. The van der Waals surface area contributed by atoms with Crippen LogP contribution in [-0.4, -0.2) is 43.8 Å². The van der Waals surface area contributed by atoms with Gasteiger partial charge >= 0.3 is 0 Å². The predicted octanol–water partition coefficient (Wildman–Crippen LogP) is 2.94. The van der Waals surface area contributed by atoms with E-state index in [1.165, 1.54) is 0 Å². The number of fused-ring (bicyclic) bond motifs is 1. The molecule has 25 heavy (non-hydrogen) atoms. The number of H-pyrrole nitrogens is 1. The fourth-order valence-electron chi connectivity index (χ4n) is 3.38. The highest BCUT2D eigenvalue weighted by Crippen LogP contribution is 2.27. The van der Waals surface area contributed by atoms with Crippen LogP contribution in [0.4, 0.5) is 0 Å². The molecule has 0 spiro atoms. The third kappa shape index (κ3) is 3.12. The molecular weight excluding hydrogens is 314 g/mol. The van der Waals surface area contributed by atoms with Gasteiger partial charge in [-0.05, 0) is 25.0 Å². The van der Waals surface area contributed by atoms with Crippen LogP contribution in [0.3, 0.4) is 0 Å². The zero-order valence-corrected chi connectivity index (χ0v) is 14.3. The summed E-state index contributed by atoms with van der Waals surface area (Å²) in [5, 5.41) is 0. The Bertz CT molecular complexity index is 853. The van der Waals surface area contributed by atoms with Crippen molar-refractivity contribution >= 4 is 16.9 Å². The highest BCUT2D eigenvalue weighted by atomic mass is 16.2. The summed E-state index contributed by atoms with van der Waals surface area (Å²) < 4.78 is 0. The maximum absolute atomic E-state index is 12.8. The van der Waals surface area contributed by atoms with E-state index in [0.29, 0.717) is 12.1 Å². The molecular formula is C19H21N5O. The molecule has 2 aromatic heterocycles. The summed E-state index contributed by atoms with van der Waals surface area (Å²) in [5.74, 6) is 1.97. The average Bonchev–Trinajstić information content (AvgIpc) is 3.12. The molecule has 1 saturated heterocycles. The Hall–Kier alpha value is -2.76. The lowest BCUT2D eigenvalue weighted by atomic mass is 9.97. The van der Waals surface area contributed by atoms with Gasteiger partial charge in [0.05, 0.1) is 16.6 Å². The van der Waals surface area contributed by atoms with Crippen LogP contribution in [0.1, 0.15) is 47.7 Å². The number of aromatic nitrogens is 4. The van der Waals surface area contributed by atoms with Gasteiger partial charge in [0.15, 0.2) is 0 Å². The van der Waals surface area contributed by atoms with Crippen molar-refractivity contribution in [2.45, 2.75) is 32.1 Å². The lowest BCUT2D eigenvalue weighted by molar-refractivity contribution is 0.0704. The highest BCUT2D eigenvalue weighted by Gasteiger charge is 2.27. The molecule has 0 bridgehead atoms. The van der Waals surface area contributed by atoms with Crippen molar-refractivity contribution in [2.24, 2.45) is 0 Å². The number of imidazole rings is 1. The van der Waals surface area contributed by atoms with E-state index in [-0.39, 0.29) is 11.8 Å². The number of piperidine rings is 1. The van der Waals surface area contributed by atoms with Crippen LogP contribution in [0.15, 0.2) is 36.7 Å². The van der Waals surface area contributed by atoms with Gasteiger partial charge in [0.2, 0.25) is 0 Å². The number of hydrogen-bond donors (Lipinski definition) is 1. The van der Waals surface area contributed by atoms with Crippen LogP contribution in [0.2, 0.25) is 0 Å². The minimum absolute atomic E-state index is 0.00321. The first-order valence-corrected chi connectivity index (χ1v) is 8.79. The van der Waals surface area contributed by atoms with Gasteiger partial charge in [-0.1, -0.05) is 19.1 Å². The van der Waals surface area contributed by atoms with Gasteiger partial charge in [0, 0.05) is 37.8 Å². The number of carbonyl (C=O) groups excluding carboxylic acids is 1. The maximum atomic E-state index is 12.8. The minimum atomic E-state index is 0.00321. The average molecular weight is 335 g/mol. The molecule has 1 aliphatic heterocycles. The van der Waals surface area contributed by atoms with Gasteiger partial charge in [-0.15, -0.1) is 0 Å². The van der Waals surface area contributed by atoms with E-state index < -0.39 is 0 Å². The predicted molar refractivity (Wildman–Crippen MR) is 95.4 cm³/mol. The summed E-state index contributed by atoms with van der Waals surface area (Å²) in [6, 6.07) is 8.03. The molecule has 6 heteroatoms. The smallest absolute Gasteiger partial charge is 0.257 e. The molecule has 3 heterocycles. The van der Waals surface area contributed by atoms with Crippen molar-refractivity contribution in [3.8, 4) is 0 Å². The summed E-state index contributed by atoms with van der Waals surface area (Å²) in [4.78, 5) is 31.3. The maximum Gasteiger partial charge on any atom is 0.257 e. The van der Waals surface area contributed by atoms with Crippen molar-refractivity contribution in [1.82, 2.24) is 24.8 Å². The van der Waals surface area contributed by atoms with Gasteiger partial charge < -0.3 is 9.88 Å². The van der Waals surface area contributed by atoms with Gasteiger partial charge in [0.25, 0.3) is 5.91 Å². The van der Waals surface area contributed by atoms with Gasteiger partial charge in [0.1, 0.15) is 11.6 Å². The molecule has 128 valence electrons. The number of benzene rings is 1. The van der Waals surface area contributed by atoms with Crippen LogP contribution < -0.4 is 0 Å². The zero-order chi connectivity index (χ0) is 17.2. The summed E-state index contributed by atoms with van der Waals surface area (Å²) in [6.07, 6.45) is 6.06. The van der Waals surface area contributed by atoms with Gasteiger partial charge in [-0.3, -0.25) is 4.79 Å². The lowest BCUT2D eigenvalue weighted by Gasteiger charge is -2.31. The number of amides is 1. The second-order valence-corrected chi connectivity index (χ2v) is 6.47. The molecule has 4 rings (SSSR count). The number of aryl methyl sites for hydroxylation is 1. The van der Waals surface area contributed by atoms with Crippen LogP contribution in [-0.2, 0) is 6.42 Å². The topological polar surface area (TPSA) is 74.8 Å². The first kappa shape index (κ1) is 15.7. The van der Waals surface area contributed by atoms with E-state index in [1.807, 2.05) is 36.1 Å². The fraction of sp³-hybridized carbons (Fsp3) is 0.368. The quantitative estimate of drug-likeness (QED) is 0.798. The first-order valence-electron chi connectivity index (χ1n) is 8.79. The molecule has 1 aromatic carbocycles. The minimum Gasteiger partial charge on any atom is -0.342 e. The van der Waals surface area contributed by atoms with E-state index in [1.54, 1.807) is 12.4 Å². The molecule has 1 fully saturated rings. The van der Waals surface area contributed by atoms with Crippen molar-refractivity contribution in [3.05, 3.63) is 53.9 Å². The van der Waals surface area contributed by atoms with Crippen molar-refractivity contribution < 1.29 is 4.79 Å². The Morgan fingerprint density at radius 2 is 2.08 bits per heavy atom. The lowest BCUT2D eigenvalue weighted by Crippen LogP contribution is -2.39. The molecule has 1 amide bonds. The number of aromatic amines is 1. The third-order valence-electron chi connectivity index (χ3n) is 4.77. The number of carbonyl (C=O) groups is 1. The molecule has 3 aromatic rings. The standard InChI is InChI=1S/C19H21N5O/c1-2-17-20-10-14(11-21-17)19(25)24-9-5-6-13(12-24)18-22-15-7-3-4-8-16(15)23-18/h3-4,7-8,10-11,13H,2,5-6,9,12H2,1H3,(H,22,23)/t13-/m1/s1. The molecule has 1 aliphatic rings. The van der Waals surface area contributed by atoms with Gasteiger partial charge in [-0.25, -0.2) is 15.0 Å². The first-order chi connectivity index (χ1) is 12.2. The molecule has 0 saturated carbocycles. The SMILES string of the molecule is CCc1ncc(C(=O)N2CCC[C@@H](c3nc4ccccc4[nH]3)C2)cn1. The van der Waals surface area contributed by atoms with E-state index >= 15 is 0 Å². The second kappa shape index (κ2) is 6.63. The summed E-state index contributed by atoms with van der Waals surface area (Å²) in [6.45, 7) is 3.44. The molecule has 1 N–H and O–H groups in total. The van der Waals surface area contributed by atoms with E-state index in [9.17, 15) is 4.79 Å². The van der Waals surface area contributed by atoms with Crippen LogP contribution in [0.25, 0.3) is 11.0 Å². The Morgan fingerprint density at radius 1 is 1.28 bits per heavy atom. The van der Waals surface area contributed by atoms with Crippen molar-refractivity contribution in [2.75, 3.05) is 13.1 Å². The molecule has 6 nitrogen and oxygen atoms in total. The number of likely N-dealkylation sites (tertiary alicyclic amines) is 1. The highest BCUT2D eigenvalue weighted by molar-refractivity contribution is 5.93. The molecule has 0 radical (unpaired) electrons. The van der Waals surface area contributed by atoms with E-state index in [0.717, 1.165) is 48.5 Å². The Morgan fingerprint density at radius 3 is 2.84 bits per heavy atom. The van der Waals surface area contributed by atoms with E-state index in [4.69, 9.17) is 4.98 Å². The zero-order valence-electron chi connectivity index (χ0n) is 14.3. The molecule has 0 unspecified atom stereocenters. The number of hydrogen-bond acceptors (Lipinski definition) is 4. The number of rotatable bonds is 3. The number of para-hydroxylation sites is 2. The fourth-order valence-corrected chi connectivity index (χ4v) is 3.38. The Kier molecular flexibility index (Phi) is 4.17. The molecule has 1 atom stereocenters. The summed E-state index contributed by atoms with van der Waals surface area (Å²) in [5.41, 5.74) is 2.58. The van der Waals surface area contributed by atoms with Crippen LogP contribution in [0.5, 0.6) is 0 Å². The normalized spacial score (nSPS) is 17.8. The van der Waals surface area contributed by atoms with Gasteiger partial charge in [-0.2, -0.15) is 0 Å². The number of nitrogens with zero attached hydrogens (tertiary/aromatic N) is 4. The largest absolute Gasteiger partial charge is 0.342 e. The van der Waals surface area contributed by atoms with Crippen LogP contribution >= 0.6 is 0 Å². The summed E-state index contributed by atoms with van der Waals surface area (Å²) in [7, 11) is 0. The molecule has 0 aliphatic carbocycles. The van der Waals surface area contributed by atoms with Crippen molar-refractivity contribution in [3.63, 3.8) is 0 Å². The second-order valence-electron chi connectivity index (χ2n) is 6.47. The van der Waals surface area contributed by atoms with E-state index in [2.05, 4.69) is 15.0 Å². The van der Waals surface area contributed by atoms with Crippen molar-refractivity contribution in [1.29, 1.82) is 0 Å². The monoisotopic (exact) mass is 335 g/mol. The Labute approximate surface area is 146 Å². The van der Waals surface area contributed by atoms with Crippen LogP contribution in [0, 0.1) is 0 Å². The summed E-state index contributed by atoms with van der Waals surface area (Å²) >= 11 is 0.